The molecule has 0 atom stereocenters. The minimum absolute atomic E-state index is 0. The van der Waals surface area contributed by atoms with Crippen molar-refractivity contribution in [3.05, 3.63) is 59.7 Å². The average Bonchev–Trinajstić information content (AvgIpc) is 2.96. The van der Waals surface area contributed by atoms with Crippen molar-refractivity contribution >= 4 is 11.3 Å². The molecular weight excluding hydrogens is 329 g/mol. The van der Waals surface area contributed by atoms with E-state index in [1.54, 1.807) is 11.3 Å². The molecule has 3 aromatic rings. The van der Waals surface area contributed by atoms with Crippen molar-refractivity contribution in [2.75, 3.05) is 0 Å². The minimum atomic E-state index is 0. The number of imidazole rings is 1. The molecule has 0 fully saturated rings. The molecule has 0 aliphatic heterocycles. The molecule has 4 heteroatoms. The number of para-hydroxylation sites is 1. The van der Waals surface area contributed by atoms with E-state index >= 15 is 0 Å². The van der Waals surface area contributed by atoms with Gasteiger partial charge < -0.3 is 4.57 Å². The van der Waals surface area contributed by atoms with E-state index in [1.807, 2.05) is 37.5 Å². The monoisotopic (exact) mass is 342 g/mol. The van der Waals surface area contributed by atoms with Crippen LogP contribution in [0.2, 0.25) is 0 Å². The SMILES string of the molecule is Cc1ccsc1-c1n(C)c[c-][n+]1-c1[c-]cccc1.[Y]. The van der Waals surface area contributed by atoms with Gasteiger partial charge in [-0.2, -0.15) is 24.3 Å². The van der Waals surface area contributed by atoms with Crippen LogP contribution in [0.4, 0.5) is 0 Å². The van der Waals surface area contributed by atoms with Crippen LogP contribution in [0.1, 0.15) is 5.56 Å². The van der Waals surface area contributed by atoms with Crippen molar-refractivity contribution in [3.63, 3.8) is 0 Å². The fraction of sp³-hybridized carbons (Fsp3) is 0.133. The van der Waals surface area contributed by atoms with E-state index < -0.39 is 0 Å². The molecule has 0 aliphatic carbocycles. The van der Waals surface area contributed by atoms with E-state index in [9.17, 15) is 0 Å². The van der Waals surface area contributed by atoms with Crippen LogP contribution < -0.4 is 4.57 Å². The third-order valence-electron chi connectivity index (χ3n) is 2.93. The van der Waals surface area contributed by atoms with Gasteiger partial charge in [-0.05, 0) is 23.9 Å². The van der Waals surface area contributed by atoms with Gasteiger partial charge in [-0.25, -0.2) is 6.07 Å². The van der Waals surface area contributed by atoms with Crippen LogP contribution in [-0.4, -0.2) is 4.57 Å². The van der Waals surface area contributed by atoms with E-state index in [4.69, 9.17) is 0 Å². The number of hydrogen-bond donors (Lipinski definition) is 0. The molecule has 19 heavy (non-hydrogen) atoms. The molecule has 2 nitrogen and oxygen atoms in total. The first-order valence-electron chi connectivity index (χ1n) is 5.78. The summed E-state index contributed by atoms with van der Waals surface area (Å²) in [5, 5.41) is 2.12. The van der Waals surface area contributed by atoms with Crippen molar-refractivity contribution in [3.8, 4) is 16.4 Å². The minimum Gasteiger partial charge on any atom is -0.378 e. The van der Waals surface area contributed by atoms with Crippen molar-refractivity contribution < 1.29 is 37.3 Å². The van der Waals surface area contributed by atoms with Crippen LogP contribution in [-0.2, 0) is 39.8 Å². The molecule has 93 valence electrons. The maximum Gasteiger partial charge on any atom is 0.194 e. The van der Waals surface area contributed by atoms with E-state index in [0.29, 0.717) is 0 Å². The number of thiophene rings is 1. The molecule has 1 aromatic carbocycles. The maximum absolute atomic E-state index is 3.26. The second-order valence-corrected chi connectivity index (χ2v) is 5.12. The van der Waals surface area contributed by atoms with Gasteiger partial charge in [-0.1, -0.05) is 5.69 Å². The van der Waals surface area contributed by atoms with Gasteiger partial charge in [0.2, 0.25) is 0 Å². The Morgan fingerprint density at radius 3 is 2.74 bits per heavy atom. The van der Waals surface area contributed by atoms with E-state index in [-0.39, 0.29) is 32.7 Å². The van der Waals surface area contributed by atoms with Gasteiger partial charge in [0, 0.05) is 32.7 Å². The van der Waals surface area contributed by atoms with E-state index in [1.165, 1.54) is 10.4 Å². The molecular formula is C15H13N2SY-. The molecule has 0 saturated heterocycles. The van der Waals surface area contributed by atoms with Crippen molar-refractivity contribution in [2.24, 2.45) is 7.05 Å². The third-order valence-corrected chi connectivity index (χ3v) is 3.94. The number of benzene rings is 1. The van der Waals surface area contributed by atoms with Gasteiger partial charge >= 0.3 is 0 Å². The molecule has 0 spiro atoms. The summed E-state index contributed by atoms with van der Waals surface area (Å²) in [6.45, 7) is 2.14. The standard InChI is InChI=1S/C15H13N2S.Y/c1-12-8-11-18-14(12)15-16(2)9-10-17(15)13-6-4-3-5-7-13;/h3-6,8-9,11H,1-2H3;/q-1;. The fourth-order valence-corrected chi connectivity index (χ4v) is 3.00. The first kappa shape index (κ1) is 14.6. The van der Waals surface area contributed by atoms with Crippen LogP contribution >= 0.6 is 11.3 Å². The molecule has 3 rings (SSSR count). The number of aryl methyl sites for hydroxylation is 2. The van der Waals surface area contributed by atoms with Crippen molar-refractivity contribution in [1.82, 2.24) is 4.57 Å². The quantitative estimate of drug-likeness (QED) is 0.500. The molecule has 0 unspecified atom stereocenters. The Morgan fingerprint density at radius 2 is 2.11 bits per heavy atom. The Balaban J connectivity index is 0.00000133. The molecule has 0 saturated carbocycles. The maximum atomic E-state index is 3.26. The van der Waals surface area contributed by atoms with Gasteiger partial charge in [-0.15, -0.1) is 11.3 Å². The van der Waals surface area contributed by atoms with Gasteiger partial charge in [0.15, 0.2) is 5.82 Å². The smallest absolute Gasteiger partial charge is 0.194 e. The molecule has 0 amide bonds. The Morgan fingerprint density at radius 1 is 1.26 bits per heavy atom. The molecule has 0 bridgehead atoms. The Kier molecular flexibility index (Phi) is 4.72. The molecule has 0 N–H and O–H groups in total. The Labute approximate surface area is 142 Å². The molecule has 0 aliphatic rings. The van der Waals surface area contributed by atoms with Crippen molar-refractivity contribution in [2.45, 2.75) is 6.92 Å². The summed E-state index contributed by atoms with van der Waals surface area (Å²) < 4.78 is 4.15. The van der Waals surface area contributed by atoms with Crippen molar-refractivity contribution in [1.29, 1.82) is 0 Å². The summed E-state index contributed by atoms with van der Waals surface area (Å²) in [6, 6.07) is 13.4. The zero-order valence-electron chi connectivity index (χ0n) is 10.9. The fourth-order valence-electron chi connectivity index (χ4n) is 1.99. The third kappa shape index (κ3) is 2.74. The first-order valence-corrected chi connectivity index (χ1v) is 6.66. The first-order chi connectivity index (χ1) is 8.77. The topological polar surface area (TPSA) is 8.81 Å². The average molecular weight is 342 g/mol. The van der Waals surface area contributed by atoms with Gasteiger partial charge in [0.05, 0.1) is 24.3 Å². The van der Waals surface area contributed by atoms with Crippen LogP contribution in [0.3, 0.4) is 0 Å². The summed E-state index contributed by atoms with van der Waals surface area (Å²) >= 11 is 1.75. The molecule has 1 radical (unpaired) electrons. The number of aromatic nitrogens is 2. The van der Waals surface area contributed by atoms with Crippen LogP contribution in [0.25, 0.3) is 16.4 Å². The van der Waals surface area contributed by atoms with Crippen LogP contribution in [0.15, 0.2) is 41.9 Å². The van der Waals surface area contributed by atoms with E-state index in [0.717, 1.165) is 11.5 Å². The predicted octanol–water partition coefficient (Wildman–Crippen LogP) is 2.94. The number of rotatable bonds is 2. The zero-order valence-corrected chi connectivity index (χ0v) is 14.6. The Hall–Kier alpha value is -0.766. The molecule has 2 aromatic heterocycles. The summed E-state index contributed by atoms with van der Waals surface area (Å²) in [4.78, 5) is 1.27. The van der Waals surface area contributed by atoms with Gasteiger partial charge in [0.25, 0.3) is 0 Å². The largest absolute Gasteiger partial charge is 0.378 e. The zero-order chi connectivity index (χ0) is 12.5. The Bertz CT molecular complexity index is 671. The summed E-state index contributed by atoms with van der Waals surface area (Å²) in [5.41, 5.74) is 2.31. The predicted molar refractivity (Wildman–Crippen MR) is 72.7 cm³/mol. The van der Waals surface area contributed by atoms with Gasteiger partial charge in [0.1, 0.15) is 0 Å². The van der Waals surface area contributed by atoms with E-state index in [2.05, 4.69) is 39.8 Å². The number of nitrogens with zero attached hydrogens (tertiary/aromatic N) is 2. The normalized spacial score (nSPS) is 10.2. The van der Waals surface area contributed by atoms with Crippen LogP contribution in [0, 0.1) is 19.2 Å². The number of hydrogen-bond acceptors (Lipinski definition) is 1. The second kappa shape index (κ2) is 6.12. The van der Waals surface area contributed by atoms with Crippen LogP contribution in [0.5, 0.6) is 0 Å². The summed E-state index contributed by atoms with van der Waals surface area (Å²) in [7, 11) is 2.05. The molecule has 2 heterocycles. The van der Waals surface area contributed by atoms with Gasteiger partial charge in [-0.3, -0.25) is 4.57 Å². The summed E-state index contributed by atoms with van der Waals surface area (Å²) in [6.07, 6.45) is 5.21. The summed E-state index contributed by atoms with van der Waals surface area (Å²) in [5.74, 6) is 1.14. The second-order valence-electron chi connectivity index (χ2n) is 4.21.